The summed E-state index contributed by atoms with van der Waals surface area (Å²) in [5.74, 6) is -1.36. The predicted octanol–water partition coefficient (Wildman–Crippen LogP) is 3.51. The van der Waals surface area contributed by atoms with Crippen LogP contribution in [0.5, 0.6) is 0 Å². The van der Waals surface area contributed by atoms with Gasteiger partial charge < -0.3 is 10.4 Å². The molecule has 1 aromatic carbocycles. The fraction of sp³-hybridized carbons (Fsp3) is 0.438. The maximum absolute atomic E-state index is 13.7. The fourth-order valence-corrected chi connectivity index (χ4v) is 3.95. The molecule has 2 aromatic rings. The molecule has 1 aromatic heterocycles. The summed E-state index contributed by atoms with van der Waals surface area (Å²) < 4.78 is 26.7. The topological polar surface area (TPSA) is 45.1 Å². The van der Waals surface area contributed by atoms with Crippen molar-refractivity contribution in [2.24, 2.45) is 0 Å². The van der Waals surface area contributed by atoms with Gasteiger partial charge in [0.05, 0.1) is 11.6 Å². The van der Waals surface area contributed by atoms with Crippen LogP contribution < -0.4 is 5.32 Å². The Morgan fingerprint density at radius 1 is 1.32 bits per heavy atom. The van der Waals surface area contributed by atoms with Crippen molar-refractivity contribution in [1.82, 2.24) is 10.3 Å². The average molecular weight is 324 g/mol. The van der Waals surface area contributed by atoms with Crippen molar-refractivity contribution >= 4 is 11.3 Å². The van der Waals surface area contributed by atoms with Crippen LogP contribution in [-0.2, 0) is 5.54 Å². The lowest BCUT2D eigenvalue weighted by Crippen LogP contribution is -2.42. The largest absolute Gasteiger partial charge is 0.387 e. The van der Waals surface area contributed by atoms with E-state index in [4.69, 9.17) is 0 Å². The zero-order valence-electron chi connectivity index (χ0n) is 12.1. The molecule has 2 N–H and O–H groups in total. The lowest BCUT2D eigenvalue weighted by atomic mass is 9.97. The third kappa shape index (κ3) is 3.04. The van der Waals surface area contributed by atoms with Gasteiger partial charge in [-0.15, -0.1) is 11.3 Å². The molecule has 0 amide bonds. The smallest absolute Gasteiger partial charge is 0.131 e. The maximum atomic E-state index is 13.7. The second kappa shape index (κ2) is 6.40. The monoisotopic (exact) mass is 324 g/mol. The number of halogens is 2. The Kier molecular flexibility index (Phi) is 4.52. The molecule has 3 nitrogen and oxygen atoms in total. The molecule has 0 aliphatic heterocycles. The molecule has 1 atom stereocenters. The Bertz CT molecular complexity index is 627. The first kappa shape index (κ1) is 15.5. The number of nitrogens with zero attached hydrogens (tertiary/aromatic N) is 1. The Labute approximate surface area is 132 Å². The zero-order valence-corrected chi connectivity index (χ0v) is 12.9. The summed E-state index contributed by atoms with van der Waals surface area (Å²) in [5, 5.41) is 16.5. The van der Waals surface area contributed by atoms with Gasteiger partial charge in [-0.25, -0.2) is 13.8 Å². The van der Waals surface area contributed by atoms with Crippen LogP contribution in [0.1, 0.15) is 42.4 Å². The Balaban J connectivity index is 1.72. The lowest BCUT2D eigenvalue weighted by Gasteiger charge is -2.29. The number of rotatable bonds is 5. The van der Waals surface area contributed by atoms with E-state index in [9.17, 15) is 13.9 Å². The number of hydrogen-bond acceptors (Lipinski definition) is 4. The number of aliphatic hydroxyl groups is 1. The lowest BCUT2D eigenvalue weighted by molar-refractivity contribution is 0.151. The molecule has 0 spiro atoms. The van der Waals surface area contributed by atoms with Crippen LogP contribution in [0.3, 0.4) is 0 Å². The second-order valence-corrected chi connectivity index (χ2v) is 6.58. The highest BCUT2D eigenvalue weighted by molar-refractivity contribution is 7.09. The van der Waals surface area contributed by atoms with Crippen molar-refractivity contribution in [2.45, 2.75) is 37.3 Å². The first-order chi connectivity index (χ1) is 10.6. The number of hydrogen-bond donors (Lipinski definition) is 2. The minimum absolute atomic E-state index is 0.112. The van der Waals surface area contributed by atoms with Gasteiger partial charge in [0.1, 0.15) is 16.6 Å². The van der Waals surface area contributed by atoms with Crippen LogP contribution >= 0.6 is 11.3 Å². The van der Waals surface area contributed by atoms with E-state index in [1.165, 1.54) is 6.07 Å². The number of thiazole rings is 1. The molecule has 1 aliphatic rings. The van der Waals surface area contributed by atoms with Crippen molar-refractivity contribution in [3.8, 4) is 0 Å². The summed E-state index contributed by atoms with van der Waals surface area (Å²) in [4.78, 5) is 4.40. The Morgan fingerprint density at radius 3 is 2.73 bits per heavy atom. The molecule has 0 radical (unpaired) electrons. The van der Waals surface area contributed by atoms with Crippen LogP contribution in [0.2, 0.25) is 0 Å². The molecule has 22 heavy (non-hydrogen) atoms. The van der Waals surface area contributed by atoms with Gasteiger partial charge in [-0.05, 0) is 18.9 Å². The molecule has 6 heteroatoms. The third-order valence-electron chi connectivity index (χ3n) is 4.25. The molecular formula is C16H18F2N2OS. The summed E-state index contributed by atoms with van der Waals surface area (Å²) in [6, 6.07) is 3.25. The first-order valence-corrected chi connectivity index (χ1v) is 8.27. The van der Waals surface area contributed by atoms with E-state index in [1.54, 1.807) is 17.5 Å². The molecule has 1 aliphatic carbocycles. The van der Waals surface area contributed by atoms with E-state index in [-0.39, 0.29) is 17.6 Å². The molecule has 1 saturated carbocycles. The first-order valence-electron chi connectivity index (χ1n) is 7.39. The van der Waals surface area contributed by atoms with E-state index in [0.717, 1.165) is 42.8 Å². The zero-order chi connectivity index (χ0) is 15.6. The standard InChI is InChI=1S/C16H18F2N2OS/c17-11-3-4-12(13(18)9-11)14(21)10-20-16(5-1-2-6-16)15-19-7-8-22-15/h3-4,7-9,14,20-21H,1-2,5-6,10H2. The van der Waals surface area contributed by atoms with Crippen LogP contribution in [0.25, 0.3) is 0 Å². The minimum atomic E-state index is -1.02. The van der Waals surface area contributed by atoms with Crippen molar-refractivity contribution in [3.05, 3.63) is 52.0 Å². The Hall–Kier alpha value is -1.37. The second-order valence-electron chi connectivity index (χ2n) is 5.69. The molecular weight excluding hydrogens is 306 g/mol. The van der Waals surface area contributed by atoms with Gasteiger partial charge in [0.25, 0.3) is 0 Å². The number of aromatic nitrogens is 1. The van der Waals surface area contributed by atoms with Gasteiger partial charge in [-0.3, -0.25) is 0 Å². The molecule has 118 valence electrons. The number of benzene rings is 1. The number of aliphatic hydroxyl groups excluding tert-OH is 1. The summed E-state index contributed by atoms with van der Waals surface area (Å²) in [5.41, 5.74) is -0.118. The van der Waals surface area contributed by atoms with E-state index in [0.29, 0.717) is 0 Å². The highest BCUT2D eigenvalue weighted by Crippen LogP contribution is 2.39. The van der Waals surface area contributed by atoms with Gasteiger partial charge in [0.2, 0.25) is 0 Å². The predicted molar refractivity (Wildman–Crippen MR) is 81.6 cm³/mol. The highest BCUT2D eigenvalue weighted by Gasteiger charge is 2.37. The summed E-state index contributed by atoms with van der Waals surface area (Å²) in [7, 11) is 0. The normalized spacial score (nSPS) is 18.5. The van der Waals surface area contributed by atoms with E-state index in [2.05, 4.69) is 10.3 Å². The summed E-state index contributed by atoms with van der Waals surface area (Å²) in [6.07, 6.45) is 4.88. The van der Waals surface area contributed by atoms with E-state index in [1.807, 2.05) is 5.38 Å². The quantitative estimate of drug-likeness (QED) is 0.884. The van der Waals surface area contributed by atoms with Gasteiger partial charge in [-0.2, -0.15) is 0 Å². The van der Waals surface area contributed by atoms with Gasteiger partial charge >= 0.3 is 0 Å². The summed E-state index contributed by atoms with van der Waals surface area (Å²) in [6.45, 7) is 0.210. The Morgan fingerprint density at radius 2 is 2.09 bits per heavy atom. The van der Waals surface area contributed by atoms with Crippen molar-refractivity contribution in [2.75, 3.05) is 6.54 Å². The SMILES string of the molecule is OC(CNC1(c2nccs2)CCCC1)c1ccc(F)cc1F. The van der Waals surface area contributed by atoms with Crippen LogP contribution in [0.4, 0.5) is 8.78 Å². The molecule has 1 fully saturated rings. The van der Waals surface area contributed by atoms with Crippen molar-refractivity contribution in [1.29, 1.82) is 0 Å². The average Bonchev–Trinajstić information content (AvgIpc) is 3.17. The molecule has 0 bridgehead atoms. The molecule has 1 unspecified atom stereocenters. The van der Waals surface area contributed by atoms with Crippen molar-refractivity contribution in [3.63, 3.8) is 0 Å². The maximum Gasteiger partial charge on any atom is 0.131 e. The fourth-order valence-electron chi connectivity index (χ4n) is 3.08. The van der Waals surface area contributed by atoms with Gasteiger partial charge in [0.15, 0.2) is 0 Å². The molecule has 3 rings (SSSR count). The number of nitrogens with one attached hydrogen (secondary N) is 1. The van der Waals surface area contributed by atoms with Crippen LogP contribution in [0.15, 0.2) is 29.8 Å². The van der Waals surface area contributed by atoms with Crippen molar-refractivity contribution < 1.29 is 13.9 Å². The van der Waals surface area contributed by atoms with Crippen LogP contribution in [-0.4, -0.2) is 16.6 Å². The molecule has 0 saturated heterocycles. The third-order valence-corrected chi connectivity index (χ3v) is 5.23. The van der Waals surface area contributed by atoms with Gasteiger partial charge in [0, 0.05) is 29.8 Å². The van der Waals surface area contributed by atoms with Gasteiger partial charge in [-0.1, -0.05) is 18.9 Å². The van der Waals surface area contributed by atoms with Crippen LogP contribution in [0, 0.1) is 11.6 Å². The summed E-state index contributed by atoms with van der Waals surface area (Å²) >= 11 is 1.59. The van der Waals surface area contributed by atoms with E-state index >= 15 is 0 Å². The minimum Gasteiger partial charge on any atom is -0.387 e. The molecule has 1 heterocycles. The highest BCUT2D eigenvalue weighted by atomic mass is 32.1. The van der Waals surface area contributed by atoms with E-state index < -0.39 is 17.7 Å².